The second kappa shape index (κ2) is 9.31. The maximum Gasteiger partial charge on any atom is 1.00 e. The second-order valence-corrected chi connectivity index (χ2v) is 7.20. The van der Waals surface area contributed by atoms with Crippen molar-refractivity contribution in [1.82, 2.24) is 0 Å². The van der Waals surface area contributed by atoms with Gasteiger partial charge < -0.3 is 9.45 Å². The standard InChI is InChI=1S/C17H14ClFN2O5S.K/c1-10-4-2-3-5-11(10)17(22)21-7-6-15(20-26-27(23,24)25)12-8-14(19)13(18)9-16(12)21;/h2-5,8-9H,6-7H2,1H3,(H,23,24,25);/q;+1/p-1. The zero-order chi connectivity index (χ0) is 19.8. The van der Waals surface area contributed by atoms with Crippen LogP contribution in [-0.2, 0) is 14.7 Å². The molecular formula is C17H13ClFKN2O5S. The number of carbonyl (C=O) groups excluding carboxylic acids is 1. The number of aryl methyl sites for hydroxylation is 1. The fourth-order valence-electron chi connectivity index (χ4n) is 2.82. The maximum absolute atomic E-state index is 14.0. The molecule has 0 N–H and O–H groups in total. The predicted molar refractivity (Wildman–Crippen MR) is 96.2 cm³/mol. The molecule has 0 atom stereocenters. The summed E-state index contributed by atoms with van der Waals surface area (Å²) in [5.74, 6) is -1.10. The summed E-state index contributed by atoms with van der Waals surface area (Å²) in [5, 5.41) is 3.11. The Hall–Kier alpha value is -0.854. The van der Waals surface area contributed by atoms with E-state index in [-0.39, 0.29) is 92.2 Å². The molecule has 2 aromatic rings. The van der Waals surface area contributed by atoms with Crippen LogP contribution in [0.15, 0.2) is 41.6 Å². The van der Waals surface area contributed by atoms with Gasteiger partial charge in [-0.2, -0.15) is 8.42 Å². The van der Waals surface area contributed by atoms with Crippen molar-refractivity contribution < 1.29 is 77.8 Å². The first-order valence-electron chi connectivity index (χ1n) is 7.75. The number of carbonyl (C=O) groups is 1. The molecule has 3 rings (SSSR count). The zero-order valence-corrected chi connectivity index (χ0v) is 19.7. The second-order valence-electron chi connectivity index (χ2n) is 5.83. The molecule has 0 fully saturated rings. The van der Waals surface area contributed by atoms with Crippen molar-refractivity contribution in [2.24, 2.45) is 5.16 Å². The first-order chi connectivity index (χ1) is 12.7. The van der Waals surface area contributed by atoms with Crippen LogP contribution in [0.5, 0.6) is 0 Å². The summed E-state index contributed by atoms with van der Waals surface area (Å²) in [7, 11) is -5.06. The number of benzene rings is 2. The molecule has 7 nitrogen and oxygen atoms in total. The quantitative estimate of drug-likeness (QED) is 0.284. The van der Waals surface area contributed by atoms with E-state index in [9.17, 15) is 22.2 Å². The molecule has 0 saturated heterocycles. The number of hydrogen-bond acceptors (Lipinski definition) is 6. The molecule has 1 aliphatic heterocycles. The molecule has 0 spiro atoms. The fraction of sp³-hybridized carbons (Fsp3) is 0.176. The number of oxime groups is 1. The van der Waals surface area contributed by atoms with Gasteiger partial charge in [0, 0.05) is 24.1 Å². The van der Waals surface area contributed by atoms with Crippen LogP contribution in [-0.4, -0.2) is 31.1 Å². The van der Waals surface area contributed by atoms with E-state index >= 15 is 0 Å². The molecule has 28 heavy (non-hydrogen) atoms. The fourth-order valence-corrected chi connectivity index (χ4v) is 3.16. The van der Waals surface area contributed by atoms with Gasteiger partial charge in [-0.15, -0.1) is 0 Å². The molecule has 0 radical (unpaired) electrons. The van der Waals surface area contributed by atoms with Crippen LogP contribution in [0.3, 0.4) is 0 Å². The van der Waals surface area contributed by atoms with Crippen molar-refractivity contribution in [3.05, 3.63) is 63.9 Å². The molecule has 0 unspecified atom stereocenters. The van der Waals surface area contributed by atoms with E-state index in [1.807, 2.05) is 0 Å². The van der Waals surface area contributed by atoms with Gasteiger partial charge in [-0.1, -0.05) is 35.0 Å². The minimum atomic E-state index is -5.06. The van der Waals surface area contributed by atoms with E-state index in [0.717, 1.165) is 11.6 Å². The smallest absolute Gasteiger partial charge is 0.714 e. The van der Waals surface area contributed by atoms with E-state index in [0.29, 0.717) is 5.56 Å². The summed E-state index contributed by atoms with van der Waals surface area (Å²) in [6.45, 7) is 1.90. The van der Waals surface area contributed by atoms with E-state index in [1.165, 1.54) is 11.0 Å². The van der Waals surface area contributed by atoms with Crippen LogP contribution in [0.4, 0.5) is 10.1 Å². The Bertz CT molecular complexity index is 1060. The Morgan fingerprint density at radius 3 is 2.64 bits per heavy atom. The van der Waals surface area contributed by atoms with Gasteiger partial charge in [0.15, 0.2) is 0 Å². The molecule has 1 aliphatic rings. The third kappa shape index (κ3) is 5.19. The summed E-state index contributed by atoms with van der Waals surface area (Å²) in [5.41, 5.74) is 1.61. The molecule has 11 heteroatoms. The van der Waals surface area contributed by atoms with Gasteiger partial charge in [-0.25, -0.2) is 4.39 Å². The van der Waals surface area contributed by atoms with Crippen molar-refractivity contribution in [2.75, 3.05) is 11.4 Å². The first kappa shape index (κ1) is 23.4. The molecule has 0 bridgehead atoms. The SMILES string of the molecule is Cc1ccccc1C(=O)N1CCC(=NOS(=O)(=O)[O-])c2cc(F)c(Cl)cc21.[K+]. The molecule has 1 heterocycles. The average molecular weight is 451 g/mol. The molecule has 1 amide bonds. The number of fused-ring (bicyclic) bond motifs is 1. The predicted octanol–water partition coefficient (Wildman–Crippen LogP) is 0.0229. The van der Waals surface area contributed by atoms with Gasteiger partial charge in [-0.05, 0) is 30.7 Å². The summed E-state index contributed by atoms with van der Waals surface area (Å²) < 4.78 is 49.9. The minimum absolute atomic E-state index is 0. The Kier molecular flexibility index (Phi) is 7.79. The van der Waals surface area contributed by atoms with Crippen LogP contribution in [0.1, 0.15) is 27.9 Å². The van der Waals surface area contributed by atoms with Crippen LogP contribution in [0, 0.1) is 12.7 Å². The number of amides is 1. The third-order valence-corrected chi connectivity index (χ3v) is 4.62. The van der Waals surface area contributed by atoms with Gasteiger partial charge in [0.1, 0.15) is 5.82 Å². The summed E-state index contributed by atoms with van der Waals surface area (Å²) in [6.07, 6.45) is 0.0568. The monoisotopic (exact) mass is 450 g/mol. The van der Waals surface area contributed by atoms with E-state index in [4.69, 9.17) is 11.6 Å². The van der Waals surface area contributed by atoms with Gasteiger partial charge in [-0.3, -0.25) is 9.08 Å². The van der Waals surface area contributed by atoms with Crippen LogP contribution >= 0.6 is 11.6 Å². The Labute approximate surface area is 208 Å². The van der Waals surface area contributed by atoms with E-state index in [1.54, 1.807) is 31.2 Å². The van der Waals surface area contributed by atoms with Crippen LogP contribution in [0.2, 0.25) is 5.02 Å². The summed E-state index contributed by atoms with van der Waals surface area (Å²) >= 11 is 5.86. The maximum atomic E-state index is 14.0. The van der Waals surface area contributed by atoms with Crippen molar-refractivity contribution in [1.29, 1.82) is 0 Å². The van der Waals surface area contributed by atoms with Gasteiger partial charge in [0.2, 0.25) is 0 Å². The number of nitrogens with zero attached hydrogens (tertiary/aromatic N) is 2. The largest absolute Gasteiger partial charge is 1.00 e. The Morgan fingerprint density at radius 2 is 2.00 bits per heavy atom. The molecule has 2 aromatic carbocycles. The minimum Gasteiger partial charge on any atom is -0.714 e. The number of hydrogen-bond donors (Lipinski definition) is 0. The molecule has 0 saturated carbocycles. The first-order valence-corrected chi connectivity index (χ1v) is 9.47. The van der Waals surface area contributed by atoms with E-state index < -0.39 is 16.2 Å². The third-order valence-electron chi connectivity index (χ3n) is 4.07. The molecule has 0 aromatic heterocycles. The van der Waals surface area contributed by atoms with Crippen molar-refractivity contribution in [3.63, 3.8) is 0 Å². The number of anilines is 1. The van der Waals surface area contributed by atoms with E-state index in [2.05, 4.69) is 9.44 Å². The molecular weight excluding hydrogens is 438 g/mol. The Balaban J connectivity index is 0.00000280. The van der Waals surface area contributed by atoms with Gasteiger partial charge in [0.25, 0.3) is 16.3 Å². The average Bonchev–Trinajstić information content (AvgIpc) is 2.60. The van der Waals surface area contributed by atoms with Gasteiger partial charge in [0.05, 0.1) is 16.4 Å². The van der Waals surface area contributed by atoms with Crippen molar-refractivity contribution in [2.45, 2.75) is 13.3 Å². The zero-order valence-electron chi connectivity index (χ0n) is 15.0. The molecule has 0 aliphatic carbocycles. The molecule has 142 valence electrons. The van der Waals surface area contributed by atoms with Crippen LogP contribution in [0.25, 0.3) is 0 Å². The van der Waals surface area contributed by atoms with Crippen LogP contribution < -0.4 is 56.3 Å². The number of rotatable bonds is 3. The summed E-state index contributed by atoms with van der Waals surface area (Å²) in [6, 6.07) is 9.25. The Morgan fingerprint density at radius 1 is 1.32 bits per heavy atom. The number of halogens is 2. The summed E-state index contributed by atoms with van der Waals surface area (Å²) in [4.78, 5) is 14.4. The van der Waals surface area contributed by atoms with Crippen molar-refractivity contribution >= 4 is 39.3 Å². The van der Waals surface area contributed by atoms with Crippen molar-refractivity contribution in [3.8, 4) is 0 Å². The normalized spacial score (nSPS) is 15.0. The topological polar surface area (TPSA) is 99.1 Å². The van der Waals surface area contributed by atoms with Gasteiger partial charge >= 0.3 is 51.4 Å².